The number of hydrogen-bond donors (Lipinski definition) is 1. The van der Waals surface area contributed by atoms with Gasteiger partial charge in [-0.3, -0.25) is 19.3 Å². The molecule has 9 nitrogen and oxygen atoms in total. The van der Waals surface area contributed by atoms with E-state index in [1.165, 1.54) is 0 Å². The van der Waals surface area contributed by atoms with Crippen molar-refractivity contribution in [1.82, 2.24) is 20.3 Å². The third kappa shape index (κ3) is 3.46. The molecule has 0 aliphatic carbocycles. The number of anilines is 1. The number of nitrogens with one attached hydrogen (secondary N) is 1. The van der Waals surface area contributed by atoms with Crippen molar-refractivity contribution in [3.05, 3.63) is 69.9 Å². The molecular formula is C21H15N5O4S. The lowest BCUT2D eigenvalue weighted by atomic mass is 10.1. The van der Waals surface area contributed by atoms with Crippen LogP contribution in [0, 0.1) is 6.92 Å². The molecule has 1 N–H and O–H groups in total. The average Bonchev–Trinajstić information content (AvgIpc) is 3.43. The molecule has 0 radical (unpaired) electrons. The van der Waals surface area contributed by atoms with Crippen molar-refractivity contribution in [1.29, 1.82) is 0 Å². The van der Waals surface area contributed by atoms with Gasteiger partial charge >= 0.3 is 0 Å². The molecule has 0 saturated heterocycles. The zero-order valence-corrected chi connectivity index (χ0v) is 17.1. The number of rotatable bonds is 5. The minimum absolute atomic E-state index is 0.00686. The quantitative estimate of drug-likeness (QED) is 0.481. The number of amides is 3. The Labute approximate surface area is 179 Å². The fraction of sp³-hybridized carbons (Fsp3) is 0.143. The van der Waals surface area contributed by atoms with Crippen LogP contribution >= 0.6 is 11.3 Å². The maximum atomic E-state index is 12.5. The predicted molar refractivity (Wildman–Crippen MR) is 112 cm³/mol. The van der Waals surface area contributed by atoms with Crippen LogP contribution in [0.1, 0.15) is 37.0 Å². The molecular weight excluding hydrogens is 418 g/mol. The lowest BCUT2D eigenvalue weighted by molar-refractivity contribution is -0.115. The van der Waals surface area contributed by atoms with E-state index in [0.29, 0.717) is 27.4 Å². The van der Waals surface area contributed by atoms with E-state index in [2.05, 4.69) is 20.7 Å². The van der Waals surface area contributed by atoms with E-state index in [1.807, 2.05) is 25.1 Å². The molecule has 5 rings (SSSR count). The third-order valence-electron chi connectivity index (χ3n) is 4.91. The summed E-state index contributed by atoms with van der Waals surface area (Å²) in [6, 6.07) is 12.3. The monoisotopic (exact) mass is 433 g/mol. The Morgan fingerprint density at radius 3 is 2.58 bits per heavy atom. The zero-order valence-electron chi connectivity index (χ0n) is 16.3. The van der Waals surface area contributed by atoms with Crippen molar-refractivity contribution in [3.8, 4) is 0 Å². The Hall–Kier alpha value is -3.92. The molecule has 2 aromatic carbocycles. The molecule has 0 fully saturated rings. The van der Waals surface area contributed by atoms with Gasteiger partial charge < -0.3 is 9.84 Å². The van der Waals surface area contributed by atoms with Gasteiger partial charge in [0, 0.05) is 5.39 Å². The van der Waals surface area contributed by atoms with Crippen LogP contribution < -0.4 is 5.32 Å². The van der Waals surface area contributed by atoms with E-state index in [1.54, 1.807) is 24.3 Å². The van der Waals surface area contributed by atoms with Crippen LogP contribution in [0.25, 0.3) is 11.0 Å². The fourth-order valence-electron chi connectivity index (χ4n) is 3.43. The molecule has 4 aromatic rings. The first-order valence-corrected chi connectivity index (χ1v) is 10.2. The molecule has 0 saturated carbocycles. The van der Waals surface area contributed by atoms with Gasteiger partial charge in [0.25, 0.3) is 11.8 Å². The number of carbonyl (C=O) groups is 3. The average molecular weight is 433 g/mol. The van der Waals surface area contributed by atoms with E-state index in [4.69, 9.17) is 4.52 Å². The van der Waals surface area contributed by atoms with E-state index >= 15 is 0 Å². The number of imide groups is 1. The van der Waals surface area contributed by atoms with E-state index in [0.717, 1.165) is 27.2 Å². The van der Waals surface area contributed by atoms with Gasteiger partial charge in [-0.05, 0) is 31.2 Å². The van der Waals surface area contributed by atoms with Crippen LogP contribution in [0.2, 0.25) is 0 Å². The summed E-state index contributed by atoms with van der Waals surface area (Å²) in [5, 5.41) is 16.1. The van der Waals surface area contributed by atoms with Gasteiger partial charge in [0.1, 0.15) is 10.7 Å². The highest BCUT2D eigenvalue weighted by Crippen LogP contribution is 2.26. The number of hydrogen-bond acceptors (Lipinski definition) is 8. The predicted octanol–water partition coefficient (Wildman–Crippen LogP) is 2.97. The topological polar surface area (TPSA) is 118 Å². The smallest absolute Gasteiger partial charge is 0.261 e. The second kappa shape index (κ2) is 7.40. The molecule has 0 atom stereocenters. The molecule has 1 aliphatic rings. The molecule has 2 aromatic heterocycles. The van der Waals surface area contributed by atoms with E-state index in [-0.39, 0.29) is 35.8 Å². The van der Waals surface area contributed by atoms with Crippen LogP contribution in [-0.2, 0) is 17.8 Å². The van der Waals surface area contributed by atoms with Gasteiger partial charge in [-0.2, -0.15) is 0 Å². The maximum absolute atomic E-state index is 12.5. The lowest BCUT2D eigenvalue weighted by Crippen LogP contribution is -2.29. The molecule has 3 amide bonds. The first kappa shape index (κ1) is 19.1. The second-order valence-corrected chi connectivity index (χ2v) is 8.16. The van der Waals surface area contributed by atoms with E-state index < -0.39 is 0 Å². The van der Waals surface area contributed by atoms with Crippen LogP contribution in [0.4, 0.5) is 5.13 Å². The van der Waals surface area contributed by atoms with Crippen molar-refractivity contribution < 1.29 is 18.9 Å². The Morgan fingerprint density at radius 2 is 1.84 bits per heavy atom. The number of nitrogens with zero attached hydrogens (tertiary/aromatic N) is 4. The highest BCUT2D eigenvalue weighted by molar-refractivity contribution is 7.15. The van der Waals surface area contributed by atoms with Gasteiger partial charge in [0.05, 0.1) is 24.1 Å². The van der Waals surface area contributed by atoms with Gasteiger partial charge in [0.15, 0.2) is 5.58 Å². The Kier molecular flexibility index (Phi) is 4.55. The Balaban J connectivity index is 1.26. The second-order valence-electron chi connectivity index (χ2n) is 7.10. The summed E-state index contributed by atoms with van der Waals surface area (Å²) < 4.78 is 5.26. The van der Waals surface area contributed by atoms with Gasteiger partial charge in [-0.1, -0.05) is 40.3 Å². The lowest BCUT2D eigenvalue weighted by Gasteiger charge is -2.10. The molecule has 3 heterocycles. The zero-order chi connectivity index (χ0) is 21.5. The van der Waals surface area contributed by atoms with Crippen LogP contribution in [0.15, 0.2) is 47.0 Å². The Morgan fingerprint density at radius 1 is 1.10 bits per heavy atom. The summed E-state index contributed by atoms with van der Waals surface area (Å²) in [6.07, 6.45) is 0.0176. The summed E-state index contributed by atoms with van der Waals surface area (Å²) in [4.78, 5) is 38.5. The highest BCUT2D eigenvalue weighted by atomic mass is 32.1. The first-order valence-electron chi connectivity index (χ1n) is 9.42. The van der Waals surface area contributed by atoms with Gasteiger partial charge in [0.2, 0.25) is 11.0 Å². The summed E-state index contributed by atoms with van der Waals surface area (Å²) in [7, 11) is 0. The van der Waals surface area contributed by atoms with Crippen molar-refractivity contribution in [2.24, 2.45) is 0 Å². The molecule has 10 heteroatoms. The number of carbonyl (C=O) groups excluding carboxylic acids is 3. The number of aryl methyl sites for hydroxylation is 1. The summed E-state index contributed by atoms with van der Waals surface area (Å²) in [5.41, 5.74) is 2.94. The summed E-state index contributed by atoms with van der Waals surface area (Å²) >= 11 is 1.11. The molecule has 31 heavy (non-hydrogen) atoms. The minimum Gasteiger partial charge on any atom is -0.356 e. The Bertz CT molecular complexity index is 1320. The first-order chi connectivity index (χ1) is 15.0. The van der Waals surface area contributed by atoms with Crippen molar-refractivity contribution >= 4 is 45.2 Å². The summed E-state index contributed by atoms with van der Waals surface area (Å²) in [6.45, 7) is 1.94. The largest absolute Gasteiger partial charge is 0.356 e. The highest BCUT2D eigenvalue weighted by Gasteiger charge is 2.35. The van der Waals surface area contributed by atoms with Crippen molar-refractivity contribution in [2.45, 2.75) is 19.9 Å². The van der Waals surface area contributed by atoms with Crippen LogP contribution in [0.3, 0.4) is 0 Å². The minimum atomic E-state index is -0.366. The normalized spacial score (nSPS) is 13.1. The molecule has 154 valence electrons. The SMILES string of the molecule is Cc1ccc2onc(CC(=O)Nc3nnc(CN4C(=O)c5ccccc5C4=O)s3)c2c1. The van der Waals surface area contributed by atoms with Crippen LogP contribution in [-0.4, -0.2) is 38.0 Å². The standard InChI is InChI=1S/C21H15N5O4S/c1-11-6-7-16-14(8-11)15(25-30-16)9-17(27)22-21-24-23-18(31-21)10-26-19(28)12-4-2-3-5-13(12)20(26)29/h2-8H,9-10H2,1H3,(H,22,24,27). The van der Waals surface area contributed by atoms with Crippen LogP contribution in [0.5, 0.6) is 0 Å². The molecule has 1 aliphatic heterocycles. The molecule has 0 unspecified atom stereocenters. The fourth-order valence-corrected chi connectivity index (χ4v) is 4.18. The van der Waals surface area contributed by atoms with Gasteiger partial charge in [-0.15, -0.1) is 10.2 Å². The van der Waals surface area contributed by atoms with Crippen molar-refractivity contribution in [2.75, 3.05) is 5.32 Å². The van der Waals surface area contributed by atoms with Gasteiger partial charge in [-0.25, -0.2) is 0 Å². The maximum Gasteiger partial charge on any atom is 0.261 e. The third-order valence-corrected chi connectivity index (χ3v) is 5.74. The summed E-state index contributed by atoms with van der Waals surface area (Å²) in [5.74, 6) is -1.05. The van der Waals surface area contributed by atoms with E-state index in [9.17, 15) is 14.4 Å². The number of aromatic nitrogens is 3. The molecule has 0 bridgehead atoms. The number of benzene rings is 2. The number of fused-ring (bicyclic) bond motifs is 2. The van der Waals surface area contributed by atoms with Crippen molar-refractivity contribution in [3.63, 3.8) is 0 Å². The molecule has 0 spiro atoms.